The Hall–Kier alpha value is -2.50. The first-order chi connectivity index (χ1) is 13.2. The van der Waals surface area contributed by atoms with Crippen molar-refractivity contribution in [1.29, 1.82) is 0 Å². The number of nitrogens with zero attached hydrogens (tertiary/aromatic N) is 2. The van der Waals surface area contributed by atoms with Gasteiger partial charge in [0.2, 0.25) is 15.9 Å². The van der Waals surface area contributed by atoms with Crippen LogP contribution in [0.1, 0.15) is 25.3 Å². The van der Waals surface area contributed by atoms with Crippen LogP contribution in [0, 0.1) is 13.8 Å². The molecule has 0 saturated heterocycles. The number of anilines is 1. The summed E-state index contributed by atoms with van der Waals surface area (Å²) >= 11 is 1.28. The molecule has 0 fully saturated rings. The Morgan fingerprint density at radius 3 is 2.75 bits per heavy atom. The number of carbonyl (C=O) groups excluding carboxylic acids is 1. The molecule has 11 heteroatoms. The van der Waals surface area contributed by atoms with E-state index in [1.54, 1.807) is 12.1 Å². The third-order valence-electron chi connectivity index (χ3n) is 3.86. The van der Waals surface area contributed by atoms with E-state index in [1.807, 2.05) is 13.0 Å². The number of rotatable bonds is 7. The minimum atomic E-state index is -3.95. The lowest BCUT2D eigenvalue weighted by molar-refractivity contribution is -0.117. The molecule has 0 saturated carbocycles. The molecule has 1 aromatic carbocycles. The van der Waals surface area contributed by atoms with Crippen molar-refractivity contribution in [3.63, 3.8) is 0 Å². The predicted molar refractivity (Wildman–Crippen MR) is 105 cm³/mol. The van der Waals surface area contributed by atoms with Crippen molar-refractivity contribution in [3.8, 4) is 5.75 Å². The van der Waals surface area contributed by atoms with E-state index in [4.69, 9.17) is 9.26 Å². The SMILES string of the molecule is CCOc1ccc2nc(NC(=O)[C@H](C)NS(=O)(=O)c3c(C)noc3C)sc2c1. The van der Waals surface area contributed by atoms with Crippen molar-refractivity contribution in [3.05, 3.63) is 29.7 Å². The number of hydrogen-bond donors (Lipinski definition) is 2. The first kappa shape index (κ1) is 20.2. The third kappa shape index (κ3) is 4.16. The van der Waals surface area contributed by atoms with E-state index in [-0.39, 0.29) is 16.3 Å². The molecule has 0 radical (unpaired) electrons. The normalized spacial score (nSPS) is 12.9. The van der Waals surface area contributed by atoms with E-state index in [9.17, 15) is 13.2 Å². The molecule has 1 atom stereocenters. The molecule has 3 aromatic rings. The quantitative estimate of drug-likeness (QED) is 0.597. The minimum Gasteiger partial charge on any atom is -0.494 e. The van der Waals surface area contributed by atoms with Gasteiger partial charge in [-0.1, -0.05) is 16.5 Å². The Balaban J connectivity index is 1.73. The van der Waals surface area contributed by atoms with Gasteiger partial charge < -0.3 is 14.6 Å². The molecule has 1 amide bonds. The molecule has 0 aliphatic heterocycles. The summed E-state index contributed by atoms with van der Waals surface area (Å²) in [5.74, 6) is 0.352. The molecule has 0 aliphatic carbocycles. The second-order valence-electron chi connectivity index (χ2n) is 6.07. The van der Waals surface area contributed by atoms with E-state index in [2.05, 4.69) is 20.2 Å². The molecular formula is C17H20N4O5S2. The average molecular weight is 425 g/mol. The number of thiazole rings is 1. The number of amides is 1. The molecule has 2 aromatic heterocycles. The summed E-state index contributed by atoms with van der Waals surface area (Å²) < 4.78 is 38.6. The molecule has 3 rings (SSSR count). The Bertz CT molecular complexity index is 1100. The Kier molecular flexibility index (Phi) is 5.68. The highest BCUT2D eigenvalue weighted by atomic mass is 32.2. The van der Waals surface area contributed by atoms with Gasteiger partial charge in [0.15, 0.2) is 10.9 Å². The number of carbonyl (C=O) groups is 1. The summed E-state index contributed by atoms with van der Waals surface area (Å²) in [7, 11) is -3.95. The monoisotopic (exact) mass is 424 g/mol. The lowest BCUT2D eigenvalue weighted by Crippen LogP contribution is -2.41. The number of fused-ring (bicyclic) bond motifs is 1. The van der Waals surface area contributed by atoms with Gasteiger partial charge in [0.25, 0.3) is 0 Å². The van der Waals surface area contributed by atoms with Gasteiger partial charge >= 0.3 is 0 Å². The van der Waals surface area contributed by atoms with Crippen molar-refractivity contribution >= 4 is 42.6 Å². The smallest absolute Gasteiger partial charge is 0.246 e. The second-order valence-corrected chi connectivity index (χ2v) is 8.75. The van der Waals surface area contributed by atoms with E-state index < -0.39 is 22.0 Å². The van der Waals surface area contributed by atoms with Crippen LogP contribution in [0.25, 0.3) is 10.2 Å². The number of hydrogen-bond acceptors (Lipinski definition) is 8. The van der Waals surface area contributed by atoms with E-state index >= 15 is 0 Å². The lowest BCUT2D eigenvalue weighted by atomic mass is 10.3. The Morgan fingerprint density at radius 1 is 1.36 bits per heavy atom. The zero-order valence-electron chi connectivity index (χ0n) is 15.8. The minimum absolute atomic E-state index is 0.0596. The summed E-state index contributed by atoms with van der Waals surface area (Å²) in [5.41, 5.74) is 0.946. The molecule has 0 unspecified atom stereocenters. The summed E-state index contributed by atoms with van der Waals surface area (Å²) in [6.45, 7) is 6.92. The van der Waals surface area contributed by atoms with Gasteiger partial charge in [-0.05, 0) is 45.9 Å². The highest BCUT2D eigenvalue weighted by molar-refractivity contribution is 7.89. The molecule has 2 heterocycles. The number of ether oxygens (including phenoxy) is 1. The van der Waals surface area contributed by atoms with E-state index in [1.165, 1.54) is 32.1 Å². The van der Waals surface area contributed by atoms with Crippen LogP contribution in [0.2, 0.25) is 0 Å². The van der Waals surface area contributed by atoms with Crippen LogP contribution in [0.15, 0.2) is 27.6 Å². The molecule has 2 N–H and O–H groups in total. The number of benzene rings is 1. The first-order valence-electron chi connectivity index (χ1n) is 8.50. The fraction of sp³-hybridized carbons (Fsp3) is 0.353. The zero-order valence-corrected chi connectivity index (χ0v) is 17.4. The van der Waals surface area contributed by atoms with Crippen LogP contribution < -0.4 is 14.8 Å². The van der Waals surface area contributed by atoms with Gasteiger partial charge in [0, 0.05) is 0 Å². The Morgan fingerprint density at radius 2 is 2.11 bits per heavy atom. The van der Waals surface area contributed by atoms with Gasteiger partial charge in [-0.15, -0.1) is 0 Å². The number of aromatic nitrogens is 2. The van der Waals surface area contributed by atoms with Crippen molar-refractivity contribution in [2.75, 3.05) is 11.9 Å². The molecule has 150 valence electrons. The highest BCUT2D eigenvalue weighted by Crippen LogP contribution is 2.29. The molecule has 0 bridgehead atoms. The van der Waals surface area contributed by atoms with E-state index in [0.29, 0.717) is 17.3 Å². The molecule has 28 heavy (non-hydrogen) atoms. The maximum absolute atomic E-state index is 12.5. The molecule has 0 aliphatic rings. The number of aryl methyl sites for hydroxylation is 2. The van der Waals surface area contributed by atoms with Gasteiger partial charge in [0.1, 0.15) is 16.3 Å². The van der Waals surface area contributed by atoms with Gasteiger partial charge in [0.05, 0.1) is 22.9 Å². The van der Waals surface area contributed by atoms with Crippen LogP contribution in [0.4, 0.5) is 5.13 Å². The van der Waals surface area contributed by atoms with Crippen molar-refractivity contribution < 1.29 is 22.5 Å². The van der Waals surface area contributed by atoms with Crippen molar-refractivity contribution in [2.45, 2.75) is 38.6 Å². The summed E-state index contributed by atoms with van der Waals surface area (Å²) in [6.07, 6.45) is 0. The van der Waals surface area contributed by atoms with Crippen LogP contribution in [0.3, 0.4) is 0 Å². The fourth-order valence-corrected chi connectivity index (χ4v) is 5.06. The van der Waals surface area contributed by atoms with E-state index in [0.717, 1.165) is 10.4 Å². The van der Waals surface area contributed by atoms with Crippen LogP contribution in [-0.2, 0) is 14.8 Å². The predicted octanol–water partition coefficient (Wildman–Crippen LogP) is 2.61. The topological polar surface area (TPSA) is 123 Å². The standard InChI is InChI=1S/C17H20N4O5S2/c1-5-25-12-6-7-13-14(8-12)27-17(18-13)19-16(22)10(3)21-28(23,24)15-9(2)20-26-11(15)4/h6-8,10,21H,5H2,1-4H3,(H,18,19,22)/t10-/m0/s1. The lowest BCUT2D eigenvalue weighted by Gasteiger charge is -2.13. The first-order valence-corrected chi connectivity index (χ1v) is 10.8. The molecule has 0 spiro atoms. The maximum Gasteiger partial charge on any atom is 0.246 e. The number of sulfonamides is 1. The molecular weight excluding hydrogens is 404 g/mol. The van der Waals surface area contributed by atoms with Crippen molar-refractivity contribution in [2.24, 2.45) is 0 Å². The third-order valence-corrected chi connectivity index (χ3v) is 6.58. The largest absolute Gasteiger partial charge is 0.494 e. The van der Waals surface area contributed by atoms with Crippen LogP contribution in [0.5, 0.6) is 5.75 Å². The molecule has 9 nitrogen and oxygen atoms in total. The average Bonchev–Trinajstić information content (AvgIpc) is 3.16. The fourth-order valence-electron chi connectivity index (χ4n) is 2.63. The summed E-state index contributed by atoms with van der Waals surface area (Å²) in [6, 6.07) is 4.42. The highest BCUT2D eigenvalue weighted by Gasteiger charge is 2.28. The maximum atomic E-state index is 12.5. The number of nitrogens with one attached hydrogen (secondary N) is 2. The summed E-state index contributed by atoms with van der Waals surface area (Å²) in [4.78, 5) is 16.7. The van der Waals surface area contributed by atoms with Gasteiger partial charge in [-0.2, -0.15) is 4.72 Å². The Labute approximate surface area is 166 Å². The van der Waals surface area contributed by atoms with Gasteiger partial charge in [-0.3, -0.25) is 4.79 Å². The van der Waals surface area contributed by atoms with Crippen LogP contribution >= 0.6 is 11.3 Å². The van der Waals surface area contributed by atoms with Gasteiger partial charge in [-0.25, -0.2) is 13.4 Å². The zero-order chi connectivity index (χ0) is 20.5. The van der Waals surface area contributed by atoms with Crippen LogP contribution in [-0.4, -0.2) is 37.1 Å². The van der Waals surface area contributed by atoms with Crippen molar-refractivity contribution in [1.82, 2.24) is 14.9 Å². The summed E-state index contributed by atoms with van der Waals surface area (Å²) in [5, 5.41) is 6.65. The second kappa shape index (κ2) is 7.86.